The Kier molecular flexibility index (Phi) is 6.04. The second-order valence-corrected chi connectivity index (χ2v) is 7.68. The van der Waals surface area contributed by atoms with Crippen LogP contribution in [-0.4, -0.2) is 38.4 Å². The maximum Gasteiger partial charge on any atom is 0.245 e. The molecule has 1 aliphatic rings. The van der Waals surface area contributed by atoms with Crippen LogP contribution < -0.4 is 10.6 Å². The number of hydrogen-bond donors (Lipinski definition) is 2. The Bertz CT molecular complexity index is 614. The Morgan fingerprint density at radius 1 is 1.29 bits per heavy atom. The first-order valence-corrected chi connectivity index (χ1v) is 8.60. The number of carbonyl (C=O) groups is 1. The third kappa shape index (κ3) is 3.69. The predicted octanol–water partition coefficient (Wildman–Crippen LogP) is 1.87. The first-order chi connectivity index (χ1) is 9.37. The van der Waals surface area contributed by atoms with Crippen molar-refractivity contribution in [2.75, 3.05) is 24.7 Å². The highest BCUT2D eigenvalue weighted by atomic mass is 35.5. The number of nitrogens with one attached hydrogen (secondary N) is 2. The molecular formula is C13H18Cl2N2O3S. The monoisotopic (exact) mass is 352 g/mol. The standard InChI is InChI=1S/C13H17ClN2O3S.ClH/c1-20(18,19)13(6-8-15-9-7-13)12(17)16-11-5-3-2-4-10(11)14;/h2-5,15H,6-9H2,1H3,(H,16,17);1H. The molecule has 2 N–H and O–H groups in total. The molecule has 0 aromatic heterocycles. The lowest BCUT2D eigenvalue weighted by atomic mass is 9.95. The van der Waals surface area contributed by atoms with Gasteiger partial charge in [0.25, 0.3) is 0 Å². The fourth-order valence-corrected chi connectivity index (χ4v) is 3.91. The van der Waals surface area contributed by atoms with Crippen LogP contribution in [0.15, 0.2) is 24.3 Å². The molecule has 1 amide bonds. The molecule has 5 nitrogen and oxygen atoms in total. The smallest absolute Gasteiger partial charge is 0.245 e. The highest BCUT2D eigenvalue weighted by molar-refractivity contribution is 7.92. The number of hydrogen-bond acceptors (Lipinski definition) is 4. The Morgan fingerprint density at radius 3 is 2.38 bits per heavy atom. The van der Waals surface area contributed by atoms with Crippen LogP contribution in [0.3, 0.4) is 0 Å². The molecule has 1 aliphatic heterocycles. The molecule has 0 unspecified atom stereocenters. The summed E-state index contributed by atoms with van der Waals surface area (Å²) < 4.78 is 22.8. The molecule has 0 bridgehead atoms. The molecule has 1 fully saturated rings. The lowest BCUT2D eigenvalue weighted by Crippen LogP contribution is -2.55. The summed E-state index contributed by atoms with van der Waals surface area (Å²) in [5.74, 6) is -0.505. The number of para-hydroxylation sites is 1. The van der Waals surface area contributed by atoms with Crippen LogP contribution in [0.25, 0.3) is 0 Å². The van der Waals surface area contributed by atoms with E-state index in [2.05, 4.69) is 10.6 Å². The van der Waals surface area contributed by atoms with Crippen LogP contribution in [-0.2, 0) is 14.6 Å². The summed E-state index contributed by atoms with van der Waals surface area (Å²) in [6.45, 7) is 1.01. The molecule has 118 valence electrons. The first kappa shape index (κ1) is 18.2. The van der Waals surface area contributed by atoms with E-state index in [-0.39, 0.29) is 25.2 Å². The van der Waals surface area contributed by atoms with Gasteiger partial charge < -0.3 is 10.6 Å². The molecular weight excluding hydrogens is 335 g/mol. The minimum absolute atomic E-state index is 0. The van der Waals surface area contributed by atoms with Crippen molar-refractivity contribution in [1.82, 2.24) is 5.32 Å². The molecule has 0 spiro atoms. The van der Waals surface area contributed by atoms with Gasteiger partial charge in [0.05, 0.1) is 10.7 Å². The SMILES string of the molecule is CS(=O)(=O)C1(C(=O)Nc2ccccc2Cl)CCNCC1.Cl. The Hall–Kier alpha value is -0.820. The van der Waals surface area contributed by atoms with Crippen molar-refractivity contribution in [2.24, 2.45) is 0 Å². The van der Waals surface area contributed by atoms with Crippen molar-refractivity contribution in [3.63, 3.8) is 0 Å². The van der Waals surface area contributed by atoms with Crippen molar-refractivity contribution >= 4 is 45.4 Å². The van der Waals surface area contributed by atoms with Gasteiger partial charge >= 0.3 is 0 Å². The third-order valence-corrected chi connectivity index (χ3v) is 6.00. The maximum absolute atomic E-state index is 12.5. The van der Waals surface area contributed by atoms with Gasteiger partial charge in [-0.05, 0) is 38.1 Å². The molecule has 0 atom stereocenters. The van der Waals surface area contributed by atoms with Crippen molar-refractivity contribution in [1.29, 1.82) is 0 Å². The molecule has 1 heterocycles. The largest absolute Gasteiger partial charge is 0.323 e. The molecule has 8 heteroatoms. The van der Waals surface area contributed by atoms with E-state index in [0.717, 1.165) is 6.26 Å². The summed E-state index contributed by atoms with van der Waals surface area (Å²) in [5.41, 5.74) is 0.431. The van der Waals surface area contributed by atoms with Crippen molar-refractivity contribution in [2.45, 2.75) is 17.6 Å². The molecule has 1 aromatic rings. The van der Waals surface area contributed by atoms with Crippen LogP contribution in [0.4, 0.5) is 5.69 Å². The van der Waals surface area contributed by atoms with Gasteiger partial charge in [0, 0.05) is 6.26 Å². The maximum atomic E-state index is 12.5. The lowest BCUT2D eigenvalue weighted by Gasteiger charge is -2.34. The highest BCUT2D eigenvalue weighted by Gasteiger charge is 2.48. The van der Waals surface area contributed by atoms with E-state index in [1.54, 1.807) is 24.3 Å². The van der Waals surface area contributed by atoms with Gasteiger partial charge in [0.1, 0.15) is 0 Å². The summed E-state index contributed by atoms with van der Waals surface area (Å²) in [7, 11) is -3.51. The van der Waals surface area contributed by atoms with Crippen LogP contribution >= 0.6 is 24.0 Å². The Morgan fingerprint density at radius 2 is 1.86 bits per heavy atom. The van der Waals surface area contributed by atoms with Crippen molar-refractivity contribution in [3.05, 3.63) is 29.3 Å². The van der Waals surface area contributed by atoms with E-state index in [9.17, 15) is 13.2 Å². The number of halogens is 2. The van der Waals surface area contributed by atoms with Crippen LogP contribution in [0.1, 0.15) is 12.8 Å². The number of anilines is 1. The fraction of sp³-hybridized carbons (Fsp3) is 0.462. The minimum atomic E-state index is -3.51. The zero-order valence-corrected chi connectivity index (χ0v) is 13.9. The summed E-state index contributed by atoms with van der Waals surface area (Å²) >= 11 is 5.99. The van der Waals surface area contributed by atoms with E-state index < -0.39 is 20.5 Å². The number of carbonyl (C=O) groups excluding carboxylic acids is 1. The number of benzene rings is 1. The van der Waals surface area contributed by atoms with Gasteiger partial charge in [-0.25, -0.2) is 8.42 Å². The molecule has 1 saturated heterocycles. The quantitative estimate of drug-likeness (QED) is 0.870. The van der Waals surface area contributed by atoms with Gasteiger partial charge in [0.2, 0.25) is 5.91 Å². The number of amides is 1. The van der Waals surface area contributed by atoms with E-state index in [0.29, 0.717) is 23.8 Å². The first-order valence-electron chi connectivity index (χ1n) is 6.33. The van der Waals surface area contributed by atoms with Crippen molar-refractivity contribution < 1.29 is 13.2 Å². The molecule has 21 heavy (non-hydrogen) atoms. The third-order valence-electron chi connectivity index (χ3n) is 3.66. The molecule has 0 saturated carbocycles. The number of sulfone groups is 1. The number of piperidine rings is 1. The topological polar surface area (TPSA) is 75.3 Å². The summed E-state index contributed by atoms with van der Waals surface area (Å²) in [6, 6.07) is 6.77. The van der Waals surface area contributed by atoms with Crippen LogP contribution in [0, 0.1) is 0 Å². The average molecular weight is 353 g/mol. The van der Waals surface area contributed by atoms with Gasteiger partial charge in [-0.15, -0.1) is 12.4 Å². The molecule has 0 radical (unpaired) electrons. The molecule has 2 rings (SSSR count). The van der Waals surface area contributed by atoms with E-state index in [4.69, 9.17) is 11.6 Å². The van der Waals surface area contributed by atoms with Gasteiger partial charge in [-0.3, -0.25) is 4.79 Å². The second kappa shape index (κ2) is 6.96. The predicted molar refractivity (Wildman–Crippen MR) is 87.0 cm³/mol. The summed E-state index contributed by atoms with van der Waals surface area (Å²) in [6.07, 6.45) is 1.65. The summed E-state index contributed by atoms with van der Waals surface area (Å²) in [5, 5.41) is 6.11. The highest BCUT2D eigenvalue weighted by Crippen LogP contribution is 2.30. The fourth-order valence-electron chi connectivity index (χ4n) is 2.40. The summed E-state index contributed by atoms with van der Waals surface area (Å²) in [4.78, 5) is 12.5. The average Bonchev–Trinajstić information content (AvgIpc) is 2.41. The van der Waals surface area contributed by atoms with Crippen molar-refractivity contribution in [3.8, 4) is 0 Å². The minimum Gasteiger partial charge on any atom is -0.323 e. The molecule has 1 aromatic carbocycles. The van der Waals surface area contributed by atoms with Crippen LogP contribution in [0.5, 0.6) is 0 Å². The van der Waals surface area contributed by atoms with E-state index >= 15 is 0 Å². The van der Waals surface area contributed by atoms with Gasteiger partial charge in [-0.2, -0.15) is 0 Å². The zero-order valence-electron chi connectivity index (χ0n) is 11.6. The van der Waals surface area contributed by atoms with Gasteiger partial charge in [-0.1, -0.05) is 23.7 Å². The van der Waals surface area contributed by atoms with E-state index in [1.807, 2.05) is 0 Å². The lowest BCUT2D eigenvalue weighted by molar-refractivity contribution is -0.119. The number of rotatable bonds is 3. The van der Waals surface area contributed by atoms with E-state index in [1.165, 1.54) is 0 Å². The van der Waals surface area contributed by atoms with Gasteiger partial charge in [0.15, 0.2) is 14.6 Å². The zero-order chi connectivity index (χ0) is 14.8. The Labute approximate surface area is 135 Å². The normalized spacial score (nSPS) is 17.6. The van der Waals surface area contributed by atoms with Crippen LogP contribution in [0.2, 0.25) is 5.02 Å². The molecule has 0 aliphatic carbocycles. The second-order valence-electron chi connectivity index (χ2n) is 4.95. The Balaban J connectivity index is 0.00000220.